The second kappa shape index (κ2) is 7.51. The Morgan fingerprint density at radius 2 is 1.89 bits per heavy atom. The molecule has 0 saturated heterocycles. The lowest BCUT2D eigenvalue weighted by atomic mass is 9.48. The second-order valence-corrected chi connectivity index (χ2v) is 11.6. The van der Waals surface area contributed by atoms with Gasteiger partial charge < -0.3 is 4.90 Å². The zero-order chi connectivity index (χ0) is 19.2. The van der Waals surface area contributed by atoms with Crippen molar-refractivity contribution in [1.82, 2.24) is 4.90 Å². The molecule has 1 nitrogen and oxygen atoms in total. The highest BCUT2D eigenvalue weighted by atomic mass is 15.1. The van der Waals surface area contributed by atoms with Crippen LogP contribution in [0.5, 0.6) is 0 Å². The van der Waals surface area contributed by atoms with Gasteiger partial charge in [0.05, 0.1) is 0 Å². The average Bonchev–Trinajstić information content (AvgIpc) is 2.98. The van der Waals surface area contributed by atoms with Gasteiger partial charge >= 0.3 is 0 Å². The molecule has 4 aliphatic carbocycles. The zero-order valence-corrected chi connectivity index (χ0v) is 18.9. The summed E-state index contributed by atoms with van der Waals surface area (Å²) >= 11 is 0. The third-order valence-corrected chi connectivity index (χ3v) is 9.79. The highest BCUT2D eigenvalue weighted by molar-refractivity contribution is 5.24. The molecular formula is C26H45N. The standard InChI is InChI=1S/C26H45N/c1-19(2)9-8-18-27(5)24-14-13-22-21-12-11-20-10-6-7-16-25(20,3)23(21)15-17-26(22,24)4/h11,19,21-24H,6-10,12-18H2,1-5H3. The third kappa shape index (κ3) is 3.34. The summed E-state index contributed by atoms with van der Waals surface area (Å²) < 4.78 is 0. The number of hydrogen-bond donors (Lipinski definition) is 0. The molecule has 0 radical (unpaired) electrons. The Labute approximate surface area is 169 Å². The molecule has 1 heteroatoms. The molecule has 0 heterocycles. The molecule has 154 valence electrons. The topological polar surface area (TPSA) is 3.24 Å². The number of fused-ring (bicyclic) bond motifs is 5. The van der Waals surface area contributed by atoms with Crippen LogP contribution in [0.1, 0.15) is 98.3 Å². The summed E-state index contributed by atoms with van der Waals surface area (Å²) in [5.74, 6) is 3.79. The second-order valence-electron chi connectivity index (χ2n) is 11.6. The summed E-state index contributed by atoms with van der Waals surface area (Å²) in [5.41, 5.74) is 2.99. The Balaban J connectivity index is 1.49. The number of allylic oxidation sites excluding steroid dienone is 2. The summed E-state index contributed by atoms with van der Waals surface area (Å²) in [6.45, 7) is 11.4. The number of hydrogen-bond acceptors (Lipinski definition) is 1. The van der Waals surface area contributed by atoms with Crippen molar-refractivity contribution >= 4 is 0 Å². The SMILES string of the molecule is CC(C)CCCN(C)C1CCC2C3CC=C4CCCCC4(C)C3CCC21C. The first kappa shape index (κ1) is 20.0. The van der Waals surface area contributed by atoms with E-state index in [1.54, 1.807) is 0 Å². The fourth-order valence-corrected chi connectivity index (χ4v) is 8.30. The van der Waals surface area contributed by atoms with Crippen molar-refractivity contribution in [2.75, 3.05) is 13.6 Å². The molecule has 0 aromatic heterocycles. The van der Waals surface area contributed by atoms with E-state index in [1.165, 1.54) is 77.2 Å². The zero-order valence-electron chi connectivity index (χ0n) is 18.9. The van der Waals surface area contributed by atoms with E-state index in [0.717, 1.165) is 29.7 Å². The van der Waals surface area contributed by atoms with Crippen LogP contribution < -0.4 is 0 Å². The van der Waals surface area contributed by atoms with Crippen LogP contribution in [0.15, 0.2) is 11.6 Å². The lowest BCUT2D eigenvalue weighted by molar-refractivity contribution is -0.0493. The third-order valence-electron chi connectivity index (χ3n) is 9.79. The van der Waals surface area contributed by atoms with Crippen molar-refractivity contribution in [3.05, 3.63) is 11.6 Å². The minimum Gasteiger partial charge on any atom is -0.303 e. The first-order chi connectivity index (χ1) is 12.9. The van der Waals surface area contributed by atoms with Gasteiger partial charge in [0.1, 0.15) is 0 Å². The summed E-state index contributed by atoms with van der Waals surface area (Å²) in [4.78, 5) is 2.77. The number of nitrogens with zero attached hydrogens (tertiary/aromatic N) is 1. The van der Waals surface area contributed by atoms with Crippen molar-refractivity contribution in [3.8, 4) is 0 Å². The highest BCUT2D eigenvalue weighted by Gasteiger charge is 2.58. The van der Waals surface area contributed by atoms with E-state index in [0.29, 0.717) is 10.8 Å². The van der Waals surface area contributed by atoms with Crippen LogP contribution in [0.2, 0.25) is 0 Å². The molecule has 0 aromatic carbocycles. The predicted octanol–water partition coefficient (Wildman–Crippen LogP) is 7.08. The van der Waals surface area contributed by atoms with Crippen LogP contribution in [0.4, 0.5) is 0 Å². The monoisotopic (exact) mass is 371 g/mol. The fourth-order valence-electron chi connectivity index (χ4n) is 8.30. The van der Waals surface area contributed by atoms with Crippen LogP contribution in [-0.2, 0) is 0 Å². The maximum absolute atomic E-state index is 2.77. The van der Waals surface area contributed by atoms with Crippen LogP contribution >= 0.6 is 0 Å². The van der Waals surface area contributed by atoms with E-state index in [9.17, 15) is 0 Å². The summed E-state index contributed by atoms with van der Waals surface area (Å²) in [6, 6.07) is 0.833. The largest absolute Gasteiger partial charge is 0.303 e. The molecule has 6 unspecified atom stereocenters. The van der Waals surface area contributed by atoms with Crippen molar-refractivity contribution in [1.29, 1.82) is 0 Å². The highest BCUT2D eigenvalue weighted by Crippen LogP contribution is 2.65. The maximum atomic E-state index is 2.77. The molecule has 6 atom stereocenters. The predicted molar refractivity (Wildman–Crippen MR) is 117 cm³/mol. The molecule has 0 spiro atoms. The summed E-state index contributed by atoms with van der Waals surface area (Å²) in [7, 11) is 2.44. The smallest absolute Gasteiger partial charge is 0.0149 e. The van der Waals surface area contributed by atoms with Crippen LogP contribution in [-0.4, -0.2) is 24.5 Å². The van der Waals surface area contributed by atoms with E-state index in [2.05, 4.69) is 45.7 Å². The quantitative estimate of drug-likeness (QED) is 0.467. The average molecular weight is 372 g/mol. The summed E-state index contributed by atoms with van der Waals surface area (Å²) in [5, 5.41) is 0. The van der Waals surface area contributed by atoms with Gasteiger partial charge in [0.15, 0.2) is 0 Å². The van der Waals surface area contributed by atoms with E-state index in [4.69, 9.17) is 0 Å². The van der Waals surface area contributed by atoms with Crippen molar-refractivity contribution < 1.29 is 0 Å². The molecule has 0 bridgehead atoms. The summed E-state index contributed by atoms with van der Waals surface area (Å²) in [6.07, 6.45) is 18.6. The molecule has 3 saturated carbocycles. The van der Waals surface area contributed by atoms with Gasteiger partial charge in [0.2, 0.25) is 0 Å². The molecule has 4 rings (SSSR count). The Morgan fingerprint density at radius 3 is 2.67 bits per heavy atom. The van der Waals surface area contributed by atoms with Gasteiger partial charge in [-0.1, -0.05) is 45.8 Å². The minimum absolute atomic E-state index is 0.559. The first-order valence-corrected chi connectivity index (χ1v) is 12.3. The van der Waals surface area contributed by atoms with Crippen molar-refractivity contribution in [3.63, 3.8) is 0 Å². The van der Waals surface area contributed by atoms with Gasteiger partial charge in [0.25, 0.3) is 0 Å². The van der Waals surface area contributed by atoms with Gasteiger partial charge in [-0.05, 0) is 112 Å². The van der Waals surface area contributed by atoms with Gasteiger partial charge in [-0.15, -0.1) is 0 Å². The van der Waals surface area contributed by atoms with Gasteiger partial charge in [-0.3, -0.25) is 0 Å². The van der Waals surface area contributed by atoms with Gasteiger partial charge in [0, 0.05) is 6.04 Å². The van der Waals surface area contributed by atoms with Crippen LogP contribution in [0, 0.1) is 34.5 Å². The lowest BCUT2D eigenvalue weighted by Crippen LogP contribution is -2.53. The Kier molecular flexibility index (Phi) is 5.56. The lowest BCUT2D eigenvalue weighted by Gasteiger charge is -2.58. The molecule has 0 amide bonds. The Bertz CT molecular complexity index is 563. The number of rotatable bonds is 5. The molecule has 0 N–H and O–H groups in total. The van der Waals surface area contributed by atoms with E-state index in [-0.39, 0.29) is 0 Å². The Hall–Kier alpha value is -0.300. The molecule has 4 aliphatic rings. The minimum atomic E-state index is 0.559. The van der Waals surface area contributed by atoms with Crippen LogP contribution in [0.25, 0.3) is 0 Å². The van der Waals surface area contributed by atoms with Gasteiger partial charge in [-0.25, -0.2) is 0 Å². The maximum Gasteiger partial charge on any atom is 0.0149 e. The Morgan fingerprint density at radius 1 is 1.07 bits per heavy atom. The van der Waals surface area contributed by atoms with E-state index in [1.807, 2.05) is 5.57 Å². The van der Waals surface area contributed by atoms with Crippen molar-refractivity contribution in [2.45, 2.75) is 104 Å². The molecule has 3 fully saturated rings. The normalized spacial score (nSPS) is 44.0. The fraction of sp³-hybridized carbons (Fsp3) is 0.923. The molecule has 0 aliphatic heterocycles. The van der Waals surface area contributed by atoms with E-state index < -0.39 is 0 Å². The van der Waals surface area contributed by atoms with Gasteiger partial charge in [-0.2, -0.15) is 0 Å². The molecule has 0 aromatic rings. The van der Waals surface area contributed by atoms with Crippen LogP contribution in [0.3, 0.4) is 0 Å². The first-order valence-electron chi connectivity index (χ1n) is 12.3. The van der Waals surface area contributed by atoms with Crippen molar-refractivity contribution in [2.24, 2.45) is 34.5 Å². The molecule has 27 heavy (non-hydrogen) atoms. The molecular weight excluding hydrogens is 326 g/mol. The van der Waals surface area contributed by atoms with E-state index >= 15 is 0 Å².